The number of methoxy groups -OCH3 is 1. The van der Waals surface area contributed by atoms with Crippen molar-refractivity contribution in [2.45, 2.75) is 0 Å². The van der Waals surface area contributed by atoms with Gasteiger partial charge in [-0.05, 0) is 48.5 Å². The minimum absolute atomic E-state index is 0.658. The molecule has 5 nitrogen and oxygen atoms in total. The minimum atomic E-state index is 0.658. The summed E-state index contributed by atoms with van der Waals surface area (Å²) < 4.78 is 7.12. The number of aliphatic imine (C=N–C) groups is 1. The van der Waals surface area contributed by atoms with E-state index < -0.39 is 0 Å². The Hall–Kier alpha value is -3.73. The Balaban J connectivity index is 1.77. The van der Waals surface area contributed by atoms with Crippen molar-refractivity contribution in [2.75, 3.05) is 7.11 Å². The molecule has 0 saturated heterocycles. The summed E-state index contributed by atoms with van der Waals surface area (Å²) in [5, 5.41) is 4.78. The van der Waals surface area contributed by atoms with Crippen molar-refractivity contribution in [2.24, 2.45) is 4.99 Å². The summed E-state index contributed by atoms with van der Waals surface area (Å²) in [5.74, 6) is 1.47. The van der Waals surface area contributed by atoms with Crippen molar-refractivity contribution in [3.8, 4) is 22.7 Å². The Labute approximate surface area is 157 Å². The summed E-state index contributed by atoms with van der Waals surface area (Å²) in [6.45, 7) is 0. The van der Waals surface area contributed by atoms with Gasteiger partial charge in [-0.1, -0.05) is 24.3 Å². The fourth-order valence-electron chi connectivity index (χ4n) is 2.73. The monoisotopic (exact) mass is 354 g/mol. The molecule has 0 aliphatic rings. The van der Waals surface area contributed by atoms with Gasteiger partial charge in [0.05, 0.1) is 12.8 Å². The molecule has 0 N–H and O–H groups in total. The van der Waals surface area contributed by atoms with Crippen LogP contribution in [0, 0.1) is 0 Å². The second-order valence-electron chi connectivity index (χ2n) is 5.89. The van der Waals surface area contributed by atoms with Gasteiger partial charge in [0.1, 0.15) is 11.4 Å². The Morgan fingerprint density at radius 2 is 1.70 bits per heavy atom. The Morgan fingerprint density at radius 1 is 0.926 bits per heavy atom. The first-order chi connectivity index (χ1) is 13.3. The van der Waals surface area contributed by atoms with Gasteiger partial charge in [0, 0.05) is 29.7 Å². The molecular formula is C22H18N4O. The third kappa shape index (κ3) is 3.77. The first-order valence-corrected chi connectivity index (χ1v) is 8.58. The number of nitrogens with zero attached hydrogens (tertiary/aromatic N) is 4. The molecule has 5 heteroatoms. The highest BCUT2D eigenvalue weighted by Gasteiger charge is 2.11. The summed E-state index contributed by atoms with van der Waals surface area (Å²) in [5.41, 5.74) is 3.74. The molecule has 0 unspecified atom stereocenters. The average molecular weight is 354 g/mol. The van der Waals surface area contributed by atoms with Gasteiger partial charge in [0.25, 0.3) is 0 Å². The molecule has 0 atom stereocenters. The van der Waals surface area contributed by atoms with Crippen LogP contribution in [-0.4, -0.2) is 28.1 Å². The molecule has 27 heavy (non-hydrogen) atoms. The first kappa shape index (κ1) is 16.7. The smallest absolute Gasteiger partial charge is 0.151 e. The maximum Gasteiger partial charge on any atom is 0.151 e. The number of ether oxygens (including phenoxy) is 1. The lowest BCUT2D eigenvalue weighted by molar-refractivity contribution is 0.415. The molecule has 0 spiro atoms. The van der Waals surface area contributed by atoms with Crippen LogP contribution in [0.3, 0.4) is 0 Å². The molecule has 4 aromatic rings. The van der Waals surface area contributed by atoms with Crippen molar-refractivity contribution in [3.05, 3.63) is 90.8 Å². The number of para-hydroxylation sites is 1. The van der Waals surface area contributed by atoms with Gasteiger partial charge < -0.3 is 4.74 Å². The Morgan fingerprint density at radius 3 is 2.41 bits per heavy atom. The largest absolute Gasteiger partial charge is 0.497 e. The van der Waals surface area contributed by atoms with Crippen molar-refractivity contribution >= 4 is 12.0 Å². The Bertz CT molecular complexity index is 1040. The molecule has 2 heterocycles. The van der Waals surface area contributed by atoms with Gasteiger partial charge in [0.15, 0.2) is 5.82 Å². The van der Waals surface area contributed by atoms with Crippen LogP contribution in [0.25, 0.3) is 16.9 Å². The molecule has 132 valence electrons. The highest BCUT2D eigenvalue weighted by atomic mass is 16.5. The van der Waals surface area contributed by atoms with Gasteiger partial charge in [-0.2, -0.15) is 5.10 Å². The molecule has 0 aliphatic heterocycles. The van der Waals surface area contributed by atoms with Crippen molar-refractivity contribution in [1.82, 2.24) is 14.8 Å². The van der Waals surface area contributed by atoms with Crippen molar-refractivity contribution in [1.29, 1.82) is 0 Å². The number of pyridine rings is 1. The van der Waals surface area contributed by atoms with E-state index in [0.29, 0.717) is 5.82 Å². The van der Waals surface area contributed by atoms with Crippen LogP contribution < -0.4 is 4.74 Å². The second kappa shape index (κ2) is 7.66. The number of benzene rings is 2. The topological polar surface area (TPSA) is 52.3 Å². The van der Waals surface area contributed by atoms with E-state index in [1.54, 1.807) is 19.5 Å². The van der Waals surface area contributed by atoms with E-state index in [1.807, 2.05) is 83.7 Å². The molecule has 4 rings (SSSR count). The van der Waals surface area contributed by atoms with E-state index >= 15 is 0 Å². The summed E-state index contributed by atoms with van der Waals surface area (Å²) >= 11 is 0. The maximum absolute atomic E-state index is 5.25. The third-order valence-corrected chi connectivity index (χ3v) is 4.11. The van der Waals surface area contributed by atoms with Crippen LogP contribution in [-0.2, 0) is 0 Å². The third-order valence-electron chi connectivity index (χ3n) is 4.11. The molecule has 0 radical (unpaired) electrons. The van der Waals surface area contributed by atoms with Crippen LogP contribution in [0.1, 0.15) is 5.56 Å². The maximum atomic E-state index is 5.25. The van der Waals surface area contributed by atoms with E-state index in [-0.39, 0.29) is 0 Å². The van der Waals surface area contributed by atoms with E-state index in [2.05, 4.69) is 9.98 Å². The lowest BCUT2D eigenvalue weighted by Gasteiger charge is -2.02. The molecule has 2 aromatic heterocycles. The lowest BCUT2D eigenvalue weighted by Crippen LogP contribution is -1.94. The molecule has 0 fully saturated rings. The molecule has 0 aliphatic carbocycles. The van der Waals surface area contributed by atoms with Crippen LogP contribution >= 0.6 is 0 Å². The normalized spacial score (nSPS) is 11.0. The van der Waals surface area contributed by atoms with Gasteiger partial charge in [-0.3, -0.25) is 0 Å². The second-order valence-corrected chi connectivity index (χ2v) is 5.89. The predicted molar refractivity (Wildman–Crippen MR) is 107 cm³/mol. The van der Waals surface area contributed by atoms with E-state index in [4.69, 9.17) is 9.84 Å². The van der Waals surface area contributed by atoms with Crippen molar-refractivity contribution < 1.29 is 4.74 Å². The van der Waals surface area contributed by atoms with Gasteiger partial charge in [-0.15, -0.1) is 0 Å². The van der Waals surface area contributed by atoms with E-state index in [9.17, 15) is 0 Å². The summed E-state index contributed by atoms with van der Waals surface area (Å²) in [4.78, 5) is 8.73. The van der Waals surface area contributed by atoms with E-state index in [0.717, 1.165) is 28.3 Å². The molecular weight excluding hydrogens is 336 g/mol. The average Bonchev–Trinajstić information content (AvgIpc) is 3.18. The lowest BCUT2D eigenvalue weighted by atomic mass is 10.1. The van der Waals surface area contributed by atoms with Crippen LogP contribution in [0.2, 0.25) is 0 Å². The summed E-state index contributed by atoms with van der Waals surface area (Å²) in [6.07, 6.45) is 5.50. The van der Waals surface area contributed by atoms with Crippen LogP contribution in [0.4, 0.5) is 5.82 Å². The van der Waals surface area contributed by atoms with Crippen LogP contribution in [0.15, 0.2) is 90.2 Å². The Kier molecular flexibility index (Phi) is 4.74. The zero-order valence-electron chi connectivity index (χ0n) is 14.9. The number of hydrogen-bond acceptors (Lipinski definition) is 4. The number of aromatic nitrogens is 3. The van der Waals surface area contributed by atoms with Gasteiger partial charge in [-0.25, -0.2) is 14.7 Å². The van der Waals surface area contributed by atoms with E-state index in [1.165, 1.54) is 0 Å². The molecule has 2 aromatic carbocycles. The molecule has 0 bridgehead atoms. The number of rotatable bonds is 5. The zero-order chi connectivity index (χ0) is 18.5. The van der Waals surface area contributed by atoms with Gasteiger partial charge in [0.2, 0.25) is 0 Å². The minimum Gasteiger partial charge on any atom is -0.497 e. The quantitative estimate of drug-likeness (QED) is 0.488. The fourth-order valence-corrected chi connectivity index (χ4v) is 2.73. The fraction of sp³-hybridized carbons (Fsp3) is 0.0455. The highest BCUT2D eigenvalue weighted by Crippen LogP contribution is 2.25. The first-order valence-electron chi connectivity index (χ1n) is 8.58. The standard InChI is InChI=1S/C22H18N4O/c1-27-20-12-10-17(11-13-20)22-18(15-24-21-9-5-6-14-23-21)16-26(25-22)19-7-3-2-4-8-19/h2-16H,1H3/b24-15+. The molecule has 0 amide bonds. The zero-order valence-corrected chi connectivity index (χ0v) is 14.9. The SMILES string of the molecule is COc1ccc(-c2nn(-c3ccccc3)cc2/C=N/c2ccccn2)cc1. The summed E-state index contributed by atoms with van der Waals surface area (Å²) in [6, 6.07) is 23.5. The predicted octanol–water partition coefficient (Wildman–Crippen LogP) is 4.69. The number of hydrogen-bond donors (Lipinski definition) is 0. The van der Waals surface area contributed by atoms with Crippen molar-refractivity contribution in [3.63, 3.8) is 0 Å². The summed E-state index contributed by atoms with van der Waals surface area (Å²) in [7, 11) is 1.66. The van der Waals surface area contributed by atoms with Gasteiger partial charge >= 0.3 is 0 Å². The molecule has 0 saturated carbocycles. The van der Waals surface area contributed by atoms with Crippen LogP contribution in [0.5, 0.6) is 5.75 Å². The highest BCUT2D eigenvalue weighted by molar-refractivity contribution is 5.90.